The Morgan fingerprint density at radius 3 is 2.69 bits per heavy atom. The molecule has 3 aromatic rings. The van der Waals surface area contributed by atoms with E-state index in [1.165, 1.54) is 12.1 Å². The van der Waals surface area contributed by atoms with Crippen LogP contribution in [0.5, 0.6) is 0 Å². The van der Waals surface area contributed by atoms with Gasteiger partial charge in [0.15, 0.2) is 0 Å². The summed E-state index contributed by atoms with van der Waals surface area (Å²) in [5.41, 5.74) is 3.09. The van der Waals surface area contributed by atoms with Gasteiger partial charge in [-0.25, -0.2) is 8.78 Å². The minimum Gasteiger partial charge on any atom is -0.338 e. The van der Waals surface area contributed by atoms with Crippen LogP contribution >= 0.6 is 0 Å². The molecule has 2 heterocycles. The molecule has 6 heteroatoms. The van der Waals surface area contributed by atoms with E-state index in [1.54, 1.807) is 6.20 Å². The quantitative estimate of drug-likeness (QED) is 0.672. The SMILES string of the molecule is O=C(c1ccc(-c2ccn[nH]2)cc1)N1CCCC(CCc2ccc(F)cc2F)C1. The van der Waals surface area contributed by atoms with E-state index in [0.29, 0.717) is 30.0 Å². The van der Waals surface area contributed by atoms with Crippen LogP contribution in [-0.4, -0.2) is 34.1 Å². The number of rotatable bonds is 5. The van der Waals surface area contributed by atoms with Crippen LogP contribution in [0, 0.1) is 17.6 Å². The lowest BCUT2D eigenvalue weighted by atomic mass is 9.91. The van der Waals surface area contributed by atoms with Gasteiger partial charge in [0.1, 0.15) is 11.6 Å². The van der Waals surface area contributed by atoms with E-state index in [9.17, 15) is 13.6 Å². The zero-order valence-corrected chi connectivity index (χ0v) is 16.1. The predicted octanol–water partition coefficient (Wildman–Crippen LogP) is 4.84. The Morgan fingerprint density at radius 2 is 1.97 bits per heavy atom. The summed E-state index contributed by atoms with van der Waals surface area (Å²) < 4.78 is 26.9. The number of nitrogens with one attached hydrogen (secondary N) is 1. The van der Waals surface area contributed by atoms with Crippen LogP contribution in [0.3, 0.4) is 0 Å². The maximum atomic E-state index is 13.9. The fourth-order valence-corrected chi connectivity index (χ4v) is 3.96. The summed E-state index contributed by atoms with van der Waals surface area (Å²) in [6, 6.07) is 13.1. The monoisotopic (exact) mass is 395 g/mol. The molecule has 0 bridgehead atoms. The number of aromatic amines is 1. The summed E-state index contributed by atoms with van der Waals surface area (Å²) in [7, 11) is 0. The van der Waals surface area contributed by atoms with Gasteiger partial charge < -0.3 is 4.90 Å². The molecule has 1 N–H and O–H groups in total. The molecule has 1 aromatic heterocycles. The Balaban J connectivity index is 1.36. The Bertz CT molecular complexity index is 970. The summed E-state index contributed by atoms with van der Waals surface area (Å²) in [4.78, 5) is 14.8. The number of hydrogen-bond donors (Lipinski definition) is 1. The number of aromatic nitrogens is 2. The van der Waals surface area contributed by atoms with Gasteiger partial charge in [-0.05, 0) is 67.0 Å². The van der Waals surface area contributed by atoms with E-state index in [4.69, 9.17) is 0 Å². The summed E-state index contributed by atoms with van der Waals surface area (Å²) in [5.74, 6) is -0.703. The van der Waals surface area contributed by atoms with Gasteiger partial charge in [0.25, 0.3) is 5.91 Å². The van der Waals surface area contributed by atoms with Crippen molar-refractivity contribution in [3.05, 3.63) is 77.5 Å². The van der Waals surface area contributed by atoms with Crippen molar-refractivity contribution in [2.75, 3.05) is 13.1 Å². The van der Waals surface area contributed by atoms with Gasteiger partial charge in [-0.1, -0.05) is 18.2 Å². The van der Waals surface area contributed by atoms with E-state index < -0.39 is 11.6 Å². The molecule has 0 aliphatic carbocycles. The van der Waals surface area contributed by atoms with Crippen molar-refractivity contribution in [3.8, 4) is 11.3 Å². The van der Waals surface area contributed by atoms with Crippen LogP contribution < -0.4 is 0 Å². The fourth-order valence-electron chi connectivity index (χ4n) is 3.96. The number of likely N-dealkylation sites (tertiary alicyclic amines) is 1. The standard InChI is InChI=1S/C23H23F2N3O/c24-20-10-9-17(21(25)14-20)4-3-16-2-1-13-28(15-16)23(29)19-7-5-18(6-8-19)22-11-12-26-27-22/h5-12,14,16H,1-4,13,15H2,(H,26,27). The second-order valence-corrected chi connectivity index (χ2v) is 7.58. The Morgan fingerprint density at radius 1 is 1.14 bits per heavy atom. The van der Waals surface area contributed by atoms with Crippen molar-refractivity contribution >= 4 is 5.91 Å². The van der Waals surface area contributed by atoms with E-state index in [0.717, 1.165) is 43.1 Å². The summed E-state index contributed by atoms with van der Waals surface area (Å²) >= 11 is 0. The molecule has 1 atom stereocenters. The molecule has 4 rings (SSSR count). The number of halogens is 2. The highest BCUT2D eigenvalue weighted by Gasteiger charge is 2.24. The third-order valence-electron chi connectivity index (χ3n) is 5.59. The van der Waals surface area contributed by atoms with Crippen LogP contribution in [0.1, 0.15) is 35.2 Å². The largest absolute Gasteiger partial charge is 0.338 e. The van der Waals surface area contributed by atoms with Gasteiger partial charge >= 0.3 is 0 Å². The second kappa shape index (κ2) is 8.55. The average Bonchev–Trinajstić information content (AvgIpc) is 3.28. The second-order valence-electron chi connectivity index (χ2n) is 7.58. The molecule has 2 aromatic carbocycles. The lowest BCUT2D eigenvalue weighted by Gasteiger charge is -2.33. The number of nitrogens with zero attached hydrogens (tertiary/aromatic N) is 2. The molecular formula is C23H23F2N3O. The highest BCUT2D eigenvalue weighted by molar-refractivity contribution is 5.94. The summed E-state index contributed by atoms with van der Waals surface area (Å²) in [6.07, 6.45) is 4.99. The molecule has 1 unspecified atom stereocenters. The number of benzene rings is 2. The van der Waals surface area contributed by atoms with Gasteiger partial charge in [0, 0.05) is 30.9 Å². The lowest BCUT2D eigenvalue weighted by molar-refractivity contribution is 0.0668. The van der Waals surface area contributed by atoms with Crippen molar-refractivity contribution in [1.29, 1.82) is 0 Å². The predicted molar refractivity (Wildman–Crippen MR) is 107 cm³/mol. The van der Waals surface area contributed by atoms with Crippen molar-refractivity contribution in [1.82, 2.24) is 15.1 Å². The molecule has 29 heavy (non-hydrogen) atoms. The van der Waals surface area contributed by atoms with Gasteiger partial charge in [-0.2, -0.15) is 5.10 Å². The van der Waals surface area contributed by atoms with Crippen molar-refractivity contribution in [2.24, 2.45) is 5.92 Å². The zero-order chi connectivity index (χ0) is 20.2. The maximum Gasteiger partial charge on any atom is 0.253 e. The molecule has 4 nitrogen and oxygen atoms in total. The first-order valence-electron chi connectivity index (χ1n) is 9.93. The molecule has 1 fully saturated rings. The van der Waals surface area contributed by atoms with Crippen LogP contribution in [0.2, 0.25) is 0 Å². The molecule has 0 spiro atoms. The molecule has 1 aliphatic rings. The van der Waals surface area contributed by atoms with Crippen molar-refractivity contribution in [2.45, 2.75) is 25.7 Å². The molecule has 150 valence electrons. The van der Waals surface area contributed by atoms with Crippen LogP contribution in [0.15, 0.2) is 54.7 Å². The van der Waals surface area contributed by atoms with E-state index >= 15 is 0 Å². The first-order chi connectivity index (χ1) is 14.1. The number of carbonyl (C=O) groups excluding carboxylic acids is 1. The Kier molecular flexibility index (Phi) is 5.69. The lowest BCUT2D eigenvalue weighted by Crippen LogP contribution is -2.40. The number of carbonyl (C=O) groups is 1. The van der Waals surface area contributed by atoms with Gasteiger partial charge in [-0.15, -0.1) is 0 Å². The van der Waals surface area contributed by atoms with E-state index in [2.05, 4.69) is 10.2 Å². The third-order valence-corrected chi connectivity index (χ3v) is 5.59. The van der Waals surface area contributed by atoms with Crippen LogP contribution in [0.4, 0.5) is 8.78 Å². The van der Waals surface area contributed by atoms with Crippen LogP contribution in [-0.2, 0) is 6.42 Å². The first kappa shape index (κ1) is 19.3. The van der Waals surface area contributed by atoms with E-state index in [-0.39, 0.29) is 5.91 Å². The minimum absolute atomic E-state index is 0.0267. The first-order valence-corrected chi connectivity index (χ1v) is 9.93. The maximum absolute atomic E-state index is 13.9. The Labute approximate surface area is 168 Å². The van der Waals surface area contributed by atoms with Gasteiger partial charge in [0.05, 0.1) is 5.69 Å². The summed E-state index contributed by atoms with van der Waals surface area (Å²) in [6.45, 7) is 1.41. The molecule has 0 saturated carbocycles. The number of piperidine rings is 1. The molecule has 1 amide bonds. The molecule has 1 saturated heterocycles. The number of H-pyrrole nitrogens is 1. The topological polar surface area (TPSA) is 49.0 Å². The molecular weight excluding hydrogens is 372 g/mol. The highest BCUT2D eigenvalue weighted by Crippen LogP contribution is 2.25. The van der Waals surface area contributed by atoms with Crippen molar-refractivity contribution < 1.29 is 13.6 Å². The Hall–Kier alpha value is -3.02. The van der Waals surface area contributed by atoms with E-state index in [1.807, 2.05) is 35.2 Å². The summed E-state index contributed by atoms with van der Waals surface area (Å²) in [5, 5.41) is 6.86. The van der Waals surface area contributed by atoms with Gasteiger partial charge in [-0.3, -0.25) is 9.89 Å². The minimum atomic E-state index is -0.556. The van der Waals surface area contributed by atoms with Gasteiger partial charge in [0.2, 0.25) is 0 Å². The molecule has 0 radical (unpaired) electrons. The average molecular weight is 395 g/mol. The smallest absolute Gasteiger partial charge is 0.253 e. The molecule has 1 aliphatic heterocycles. The third kappa shape index (κ3) is 4.53. The highest BCUT2D eigenvalue weighted by atomic mass is 19.1. The number of amides is 1. The van der Waals surface area contributed by atoms with Crippen LogP contribution in [0.25, 0.3) is 11.3 Å². The number of aryl methyl sites for hydroxylation is 1. The van der Waals surface area contributed by atoms with Crippen molar-refractivity contribution in [3.63, 3.8) is 0 Å². The number of hydrogen-bond acceptors (Lipinski definition) is 2. The zero-order valence-electron chi connectivity index (χ0n) is 16.1. The normalized spacial score (nSPS) is 16.8. The fraction of sp³-hybridized carbons (Fsp3) is 0.304.